The van der Waals surface area contributed by atoms with E-state index in [2.05, 4.69) is 15.1 Å². The third-order valence-corrected chi connectivity index (χ3v) is 6.69. The van der Waals surface area contributed by atoms with Gasteiger partial charge >= 0.3 is 0 Å². The van der Waals surface area contributed by atoms with E-state index in [1.165, 1.54) is 77.0 Å². The number of likely N-dealkylation sites (tertiary alicyclic amines) is 1. The predicted octanol–water partition coefficient (Wildman–Crippen LogP) is 4.14. The van der Waals surface area contributed by atoms with Crippen molar-refractivity contribution in [3.63, 3.8) is 0 Å². The van der Waals surface area contributed by atoms with Gasteiger partial charge in [0.15, 0.2) is 5.11 Å². The fourth-order valence-electron chi connectivity index (χ4n) is 4.45. The highest BCUT2D eigenvalue weighted by atomic mass is 32.1. The summed E-state index contributed by atoms with van der Waals surface area (Å²) < 4.78 is 0. The summed E-state index contributed by atoms with van der Waals surface area (Å²) in [5, 5.41) is 4.85. The lowest BCUT2D eigenvalue weighted by Gasteiger charge is -2.43. The first kappa shape index (κ1) is 17.8. The highest BCUT2D eigenvalue weighted by Crippen LogP contribution is 2.28. The lowest BCUT2D eigenvalue weighted by Crippen LogP contribution is -2.57. The van der Waals surface area contributed by atoms with Crippen LogP contribution >= 0.6 is 24.8 Å². The molecule has 0 amide bonds. The molecule has 0 radical (unpaired) electrons. The minimum Gasteiger partial charge on any atom is -0.349 e. The minimum atomic E-state index is 0.0781. The minimum absolute atomic E-state index is 0.0781. The zero-order chi connectivity index (χ0) is 16.1. The number of nitrogens with zero attached hydrogens (tertiary/aromatic N) is 2. The van der Waals surface area contributed by atoms with E-state index in [1.54, 1.807) is 0 Å². The van der Waals surface area contributed by atoms with Crippen molar-refractivity contribution in [3.8, 4) is 0 Å². The second kappa shape index (κ2) is 8.91. The van der Waals surface area contributed by atoms with Gasteiger partial charge in [0.2, 0.25) is 0 Å². The zero-order valence-electron chi connectivity index (χ0n) is 14.4. The van der Waals surface area contributed by atoms with Crippen molar-refractivity contribution in [2.24, 2.45) is 0 Å². The van der Waals surface area contributed by atoms with E-state index in [0.717, 1.165) is 18.2 Å². The van der Waals surface area contributed by atoms with Crippen LogP contribution in [0.2, 0.25) is 0 Å². The molecule has 5 heteroatoms. The molecule has 0 aromatic carbocycles. The van der Waals surface area contributed by atoms with Gasteiger partial charge in [-0.15, -0.1) is 12.6 Å². The van der Waals surface area contributed by atoms with Gasteiger partial charge in [-0.2, -0.15) is 0 Å². The Kier molecular flexibility index (Phi) is 6.90. The van der Waals surface area contributed by atoms with E-state index in [4.69, 9.17) is 24.8 Å². The summed E-state index contributed by atoms with van der Waals surface area (Å²) in [5.74, 6) is 0. The Balaban J connectivity index is 1.66. The normalized spacial score (nSPS) is 25.5. The topological polar surface area (TPSA) is 18.5 Å². The van der Waals surface area contributed by atoms with Gasteiger partial charge < -0.3 is 9.80 Å². The average molecular weight is 356 g/mol. The quantitative estimate of drug-likeness (QED) is 0.448. The van der Waals surface area contributed by atoms with E-state index in [1.807, 2.05) is 0 Å². The standard InChI is InChI=1S/C18H33N3S2/c22-17(19-15-9-3-1-4-10-15)21(16-11-5-2-6-12-16)18(23)20-13-7-8-14-20/h15-17,19,22H,1-14H2. The summed E-state index contributed by atoms with van der Waals surface area (Å²) in [6.45, 7) is 2.26. The van der Waals surface area contributed by atoms with Gasteiger partial charge in [0.05, 0.1) is 0 Å². The number of rotatable bonds is 4. The van der Waals surface area contributed by atoms with Crippen molar-refractivity contribution in [2.75, 3.05) is 13.1 Å². The van der Waals surface area contributed by atoms with Gasteiger partial charge in [-0.1, -0.05) is 38.5 Å². The Morgan fingerprint density at radius 1 is 0.913 bits per heavy atom. The van der Waals surface area contributed by atoms with Crippen LogP contribution in [0.4, 0.5) is 0 Å². The smallest absolute Gasteiger partial charge is 0.173 e. The molecule has 2 saturated carbocycles. The maximum absolute atomic E-state index is 5.92. The lowest BCUT2D eigenvalue weighted by atomic mass is 9.94. The molecule has 1 atom stereocenters. The highest BCUT2D eigenvalue weighted by molar-refractivity contribution is 7.81. The first-order valence-corrected chi connectivity index (χ1v) is 10.7. The molecule has 3 rings (SSSR count). The molecule has 3 fully saturated rings. The SMILES string of the molecule is S=C(N1CCCC1)N(C1CCCCC1)C(S)NC1CCCCC1. The number of thiol groups is 1. The van der Waals surface area contributed by atoms with Gasteiger partial charge in [-0.3, -0.25) is 5.32 Å². The van der Waals surface area contributed by atoms with Crippen molar-refractivity contribution in [3.05, 3.63) is 0 Å². The molecular weight excluding hydrogens is 322 g/mol. The number of hydrogen-bond donors (Lipinski definition) is 2. The summed E-state index contributed by atoms with van der Waals surface area (Å²) in [6.07, 6.45) is 15.9. The van der Waals surface area contributed by atoms with Crippen molar-refractivity contribution < 1.29 is 0 Å². The Labute approximate surface area is 153 Å². The molecule has 1 saturated heterocycles. The van der Waals surface area contributed by atoms with E-state index in [0.29, 0.717) is 12.1 Å². The first-order chi connectivity index (χ1) is 11.3. The van der Waals surface area contributed by atoms with Gasteiger partial charge in [0.25, 0.3) is 0 Å². The van der Waals surface area contributed by atoms with Crippen molar-refractivity contribution >= 4 is 30.0 Å². The zero-order valence-corrected chi connectivity index (χ0v) is 16.1. The largest absolute Gasteiger partial charge is 0.349 e. The molecule has 1 aliphatic heterocycles. The van der Waals surface area contributed by atoms with Crippen LogP contribution in [-0.2, 0) is 0 Å². The second-order valence-electron chi connectivity index (χ2n) is 7.55. The molecule has 132 valence electrons. The molecule has 1 N–H and O–H groups in total. The molecule has 3 nitrogen and oxygen atoms in total. The van der Waals surface area contributed by atoms with Crippen molar-refractivity contribution in [1.82, 2.24) is 15.1 Å². The van der Waals surface area contributed by atoms with Gasteiger partial charge in [0, 0.05) is 25.2 Å². The van der Waals surface area contributed by atoms with Crippen LogP contribution in [0.5, 0.6) is 0 Å². The Morgan fingerprint density at radius 3 is 2.09 bits per heavy atom. The maximum Gasteiger partial charge on any atom is 0.173 e. The van der Waals surface area contributed by atoms with Crippen LogP contribution in [0, 0.1) is 0 Å². The van der Waals surface area contributed by atoms with Gasteiger partial charge in [-0.05, 0) is 50.7 Å². The van der Waals surface area contributed by atoms with Crippen LogP contribution in [0.25, 0.3) is 0 Å². The van der Waals surface area contributed by atoms with Gasteiger partial charge in [-0.25, -0.2) is 0 Å². The van der Waals surface area contributed by atoms with Crippen LogP contribution in [-0.4, -0.2) is 45.6 Å². The number of thiocarbonyl (C=S) groups is 1. The molecule has 1 heterocycles. The summed E-state index contributed by atoms with van der Waals surface area (Å²) >= 11 is 10.9. The van der Waals surface area contributed by atoms with E-state index >= 15 is 0 Å². The first-order valence-electron chi connectivity index (χ1n) is 9.77. The predicted molar refractivity (Wildman–Crippen MR) is 105 cm³/mol. The average Bonchev–Trinajstić information content (AvgIpc) is 3.11. The maximum atomic E-state index is 5.92. The Bertz CT molecular complexity index is 372. The molecule has 2 aliphatic carbocycles. The number of nitrogens with one attached hydrogen (secondary N) is 1. The molecular formula is C18H33N3S2. The third-order valence-electron chi connectivity index (χ3n) is 5.82. The molecule has 0 spiro atoms. The summed E-state index contributed by atoms with van der Waals surface area (Å²) in [5.41, 5.74) is 0.0781. The fraction of sp³-hybridized carbons (Fsp3) is 0.944. The van der Waals surface area contributed by atoms with Crippen LogP contribution in [0.3, 0.4) is 0 Å². The summed E-state index contributed by atoms with van der Waals surface area (Å²) in [4.78, 5) is 4.87. The van der Waals surface area contributed by atoms with Crippen LogP contribution in [0.15, 0.2) is 0 Å². The molecule has 0 bridgehead atoms. The molecule has 0 aromatic rings. The molecule has 0 aromatic heterocycles. The van der Waals surface area contributed by atoms with E-state index < -0.39 is 0 Å². The summed E-state index contributed by atoms with van der Waals surface area (Å²) in [7, 11) is 0. The third kappa shape index (κ3) is 4.76. The molecule has 1 unspecified atom stereocenters. The van der Waals surface area contributed by atoms with Crippen LogP contribution in [0.1, 0.15) is 77.0 Å². The highest BCUT2D eigenvalue weighted by Gasteiger charge is 2.32. The molecule has 23 heavy (non-hydrogen) atoms. The van der Waals surface area contributed by atoms with Crippen molar-refractivity contribution in [1.29, 1.82) is 0 Å². The van der Waals surface area contributed by atoms with Gasteiger partial charge in [0.1, 0.15) is 5.50 Å². The fourth-order valence-corrected chi connectivity index (χ4v) is 5.48. The van der Waals surface area contributed by atoms with E-state index in [9.17, 15) is 0 Å². The molecule has 3 aliphatic rings. The monoisotopic (exact) mass is 355 g/mol. The Morgan fingerprint density at radius 2 is 1.48 bits per heavy atom. The second-order valence-corrected chi connectivity index (χ2v) is 8.41. The van der Waals surface area contributed by atoms with Crippen molar-refractivity contribution in [2.45, 2.75) is 94.6 Å². The lowest BCUT2D eigenvalue weighted by molar-refractivity contribution is 0.181. The summed E-state index contributed by atoms with van der Waals surface area (Å²) in [6, 6.07) is 1.20. The van der Waals surface area contributed by atoms with E-state index in [-0.39, 0.29) is 5.50 Å². The number of hydrogen-bond acceptors (Lipinski definition) is 3. The Hall–Kier alpha value is -0.0000000000000000763. The van der Waals surface area contributed by atoms with Crippen LogP contribution < -0.4 is 5.32 Å².